The maximum atomic E-state index is 12.8. The normalized spacial score (nSPS) is 12.9. The summed E-state index contributed by atoms with van der Waals surface area (Å²) in [6, 6.07) is 9.53. The Kier molecular flexibility index (Phi) is 6.10. The van der Waals surface area contributed by atoms with Crippen LogP contribution in [0.2, 0.25) is 0 Å². The topological polar surface area (TPSA) is 85.8 Å². The molecule has 0 aliphatic carbocycles. The van der Waals surface area contributed by atoms with E-state index in [0.717, 1.165) is 17.8 Å². The molecule has 160 valence electrons. The van der Waals surface area contributed by atoms with Crippen LogP contribution in [-0.4, -0.2) is 31.9 Å². The number of hydrogen-bond acceptors (Lipinski definition) is 5. The van der Waals surface area contributed by atoms with Crippen LogP contribution in [-0.2, 0) is 6.42 Å². The molecule has 0 radical (unpaired) electrons. The van der Waals surface area contributed by atoms with E-state index in [4.69, 9.17) is 9.52 Å². The third-order valence-corrected chi connectivity index (χ3v) is 5.15. The number of aromatic nitrogens is 4. The minimum absolute atomic E-state index is 0.0171. The van der Waals surface area contributed by atoms with Crippen LogP contribution in [0.3, 0.4) is 0 Å². The second-order valence-corrected chi connectivity index (χ2v) is 9.27. The zero-order chi connectivity index (χ0) is 22.1. The van der Waals surface area contributed by atoms with Gasteiger partial charge in [-0.2, -0.15) is 5.10 Å². The van der Waals surface area contributed by atoms with Gasteiger partial charge in [-0.3, -0.25) is 4.79 Å². The summed E-state index contributed by atoms with van der Waals surface area (Å²) in [6.07, 6.45) is 0.831. The van der Waals surface area contributed by atoms with E-state index >= 15 is 0 Å². The van der Waals surface area contributed by atoms with E-state index in [2.05, 4.69) is 50.1 Å². The van der Waals surface area contributed by atoms with Crippen molar-refractivity contribution in [3.8, 4) is 17.3 Å². The Labute approximate surface area is 177 Å². The Bertz CT molecular complexity index is 1030. The molecule has 0 unspecified atom stereocenters. The summed E-state index contributed by atoms with van der Waals surface area (Å²) in [5.41, 5.74) is 3.06. The molecular weight excluding hydrogens is 378 g/mol. The molecule has 1 amide bonds. The maximum Gasteiger partial charge on any atom is 0.268 e. The zero-order valence-corrected chi connectivity index (χ0v) is 18.9. The lowest BCUT2D eigenvalue weighted by Crippen LogP contribution is -2.41. The number of amides is 1. The smallest absolute Gasteiger partial charge is 0.268 e. The average molecular weight is 410 g/mol. The van der Waals surface area contributed by atoms with Crippen molar-refractivity contribution >= 4 is 5.91 Å². The highest BCUT2D eigenvalue weighted by atomic mass is 16.4. The minimum atomic E-state index is -0.0930. The van der Waals surface area contributed by atoms with Crippen molar-refractivity contribution in [2.75, 3.05) is 0 Å². The monoisotopic (exact) mass is 409 g/mol. The van der Waals surface area contributed by atoms with Crippen LogP contribution in [0.15, 0.2) is 34.7 Å². The molecule has 0 saturated carbocycles. The molecular formula is C23H31N5O2. The maximum absolute atomic E-state index is 12.8. The molecule has 1 N–H and O–H groups in total. The van der Waals surface area contributed by atoms with Crippen molar-refractivity contribution in [1.29, 1.82) is 0 Å². The predicted molar refractivity (Wildman–Crippen MR) is 117 cm³/mol. The fourth-order valence-electron chi connectivity index (χ4n) is 2.99. The van der Waals surface area contributed by atoms with Crippen LogP contribution in [0, 0.1) is 18.3 Å². The Morgan fingerprint density at radius 1 is 1.17 bits per heavy atom. The van der Waals surface area contributed by atoms with E-state index < -0.39 is 0 Å². The highest BCUT2D eigenvalue weighted by molar-refractivity contribution is 5.95. The first kappa shape index (κ1) is 21.7. The van der Waals surface area contributed by atoms with Gasteiger partial charge in [-0.25, -0.2) is 4.68 Å². The fraction of sp³-hybridized carbons (Fsp3) is 0.478. The molecule has 0 spiro atoms. The summed E-state index contributed by atoms with van der Waals surface area (Å²) in [5.74, 6) is 1.24. The highest BCUT2D eigenvalue weighted by Crippen LogP contribution is 2.24. The zero-order valence-electron chi connectivity index (χ0n) is 18.9. The molecule has 0 bridgehead atoms. The number of nitrogens with one attached hydrogen (secondary N) is 1. The Balaban J connectivity index is 1.96. The van der Waals surface area contributed by atoms with E-state index in [1.165, 1.54) is 0 Å². The summed E-state index contributed by atoms with van der Waals surface area (Å²) < 4.78 is 7.41. The van der Waals surface area contributed by atoms with Gasteiger partial charge in [-0.05, 0) is 48.9 Å². The molecule has 3 rings (SSSR count). The quantitative estimate of drug-likeness (QED) is 0.643. The Morgan fingerprint density at radius 2 is 1.90 bits per heavy atom. The standard InChI is InChI=1S/C23H31N5O2/c1-14(2)11-19-13-20(22-26-25-16(4)30-22)27-28(19)18-10-8-9-17(12-18)21(29)24-15(3)23(5,6)7/h8-10,12-15H,11H2,1-7H3,(H,24,29)/t15-/m1/s1. The number of benzene rings is 1. The van der Waals surface area contributed by atoms with Gasteiger partial charge in [0, 0.05) is 24.2 Å². The van der Waals surface area contributed by atoms with Crippen LogP contribution in [0.25, 0.3) is 17.3 Å². The molecule has 7 nitrogen and oxygen atoms in total. The molecule has 1 aromatic carbocycles. The summed E-state index contributed by atoms with van der Waals surface area (Å²) >= 11 is 0. The molecule has 0 aliphatic rings. The molecule has 30 heavy (non-hydrogen) atoms. The summed E-state index contributed by atoms with van der Waals surface area (Å²) in [5, 5.41) is 15.8. The van der Waals surface area contributed by atoms with Crippen molar-refractivity contribution in [2.45, 2.75) is 60.9 Å². The van der Waals surface area contributed by atoms with Gasteiger partial charge >= 0.3 is 0 Å². The van der Waals surface area contributed by atoms with Crippen LogP contribution in [0.4, 0.5) is 0 Å². The van der Waals surface area contributed by atoms with Crippen LogP contribution in [0.1, 0.15) is 63.5 Å². The van der Waals surface area contributed by atoms with Gasteiger partial charge in [-0.15, -0.1) is 10.2 Å². The molecule has 3 aromatic rings. The van der Waals surface area contributed by atoms with Crippen molar-refractivity contribution in [3.05, 3.63) is 47.5 Å². The van der Waals surface area contributed by atoms with E-state index in [-0.39, 0.29) is 17.4 Å². The Morgan fingerprint density at radius 3 is 2.50 bits per heavy atom. The second-order valence-electron chi connectivity index (χ2n) is 9.27. The first-order valence-corrected chi connectivity index (χ1v) is 10.4. The van der Waals surface area contributed by atoms with Crippen molar-refractivity contribution < 1.29 is 9.21 Å². The van der Waals surface area contributed by atoms with E-state index in [9.17, 15) is 4.79 Å². The lowest BCUT2D eigenvalue weighted by molar-refractivity contribution is 0.0910. The van der Waals surface area contributed by atoms with Crippen molar-refractivity contribution in [3.63, 3.8) is 0 Å². The first-order chi connectivity index (χ1) is 14.0. The molecule has 0 fully saturated rings. The van der Waals surface area contributed by atoms with Gasteiger partial charge in [-0.1, -0.05) is 40.7 Å². The number of hydrogen-bond donors (Lipinski definition) is 1. The molecule has 7 heteroatoms. The van der Waals surface area contributed by atoms with Gasteiger partial charge in [0.2, 0.25) is 5.89 Å². The van der Waals surface area contributed by atoms with Gasteiger partial charge < -0.3 is 9.73 Å². The van der Waals surface area contributed by atoms with Crippen molar-refractivity contribution in [2.24, 2.45) is 11.3 Å². The number of rotatable bonds is 6. The van der Waals surface area contributed by atoms with E-state index in [1.54, 1.807) is 6.92 Å². The van der Waals surface area contributed by atoms with Crippen LogP contribution >= 0.6 is 0 Å². The third kappa shape index (κ3) is 4.96. The minimum Gasteiger partial charge on any atom is -0.420 e. The molecule has 0 aliphatic heterocycles. The van der Waals surface area contributed by atoms with Gasteiger partial charge in [0.25, 0.3) is 11.8 Å². The number of carbonyl (C=O) groups excluding carboxylic acids is 1. The molecule has 2 heterocycles. The summed E-state index contributed by atoms with van der Waals surface area (Å²) in [7, 11) is 0. The lowest BCUT2D eigenvalue weighted by atomic mass is 9.88. The van der Waals surface area contributed by atoms with E-state index in [1.807, 2.05) is 41.9 Å². The molecule has 0 saturated heterocycles. The average Bonchev–Trinajstić information content (AvgIpc) is 3.26. The predicted octanol–water partition coefficient (Wildman–Crippen LogP) is 4.59. The molecule has 2 aromatic heterocycles. The van der Waals surface area contributed by atoms with E-state index in [0.29, 0.717) is 29.0 Å². The van der Waals surface area contributed by atoms with Crippen LogP contribution < -0.4 is 5.32 Å². The number of aryl methyl sites for hydroxylation is 1. The van der Waals surface area contributed by atoms with Crippen LogP contribution in [0.5, 0.6) is 0 Å². The molecule has 1 atom stereocenters. The SMILES string of the molecule is Cc1nnc(-c2cc(CC(C)C)n(-c3cccc(C(=O)N[C@H](C)C(C)(C)C)c3)n2)o1. The van der Waals surface area contributed by atoms with Gasteiger partial charge in [0.15, 0.2) is 0 Å². The third-order valence-electron chi connectivity index (χ3n) is 5.15. The Hall–Kier alpha value is -2.96. The summed E-state index contributed by atoms with van der Waals surface area (Å²) in [6.45, 7) is 14.4. The first-order valence-electron chi connectivity index (χ1n) is 10.4. The largest absolute Gasteiger partial charge is 0.420 e. The van der Waals surface area contributed by atoms with Crippen molar-refractivity contribution in [1.82, 2.24) is 25.3 Å². The lowest BCUT2D eigenvalue weighted by Gasteiger charge is -2.28. The highest BCUT2D eigenvalue weighted by Gasteiger charge is 2.23. The number of carbonyl (C=O) groups is 1. The number of nitrogens with zero attached hydrogens (tertiary/aromatic N) is 4. The van der Waals surface area contributed by atoms with Gasteiger partial charge in [0.05, 0.1) is 5.69 Å². The summed E-state index contributed by atoms with van der Waals surface area (Å²) in [4.78, 5) is 12.8. The van der Waals surface area contributed by atoms with Gasteiger partial charge in [0.1, 0.15) is 5.69 Å². The fourth-order valence-corrected chi connectivity index (χ4v) is 2.99. The second kappa shape index (κ2) is 8.42.